The molecule has 0 aliphatic heterocycles. The van der Waals surface area contributed by atoms with Gasteiger partial charge in [0.15, 0.2) is 0 Å². The van der Waals surface area contributed by atoms with E-state index in [1.165, 1.54) is 12.1 Å². The molecule has 0 atom stereocenters. The molecule has 1 rings (SSSR count). The molecule has 0 saturated heterocycles. The van der Waals surface area contributed by atoms with Gasteiger partial charge in [0.1, 0.15) is 0 Å². The maximum atomic E-state index is 10.8. The summed E-state index contributed by atoms with van der Waals surface area (Å²) in [5.74, 6) is -2.78. The van der Waals surface area contributed by atoms with Gasteiger partial charge in [0.25, 0.3) is 5.78 Å². The number of carboxylic acids is 1. The number of hydrogen-bond donors (Lipinski definition) is 1. The minimum absolute atomic E-state index is 0. The zero-order valence-corrected chi connectivity index (χ0v) is 8.98. The van der Waals surface area contributed by atoms with E-state index in [0.29, 0.717) is 0 Å². The van der Waals surface area contributed by atoms with Crippen molar-refractivity contribution < 1.29 is 49.4 Å². The Balaban J connectivity index is 0.00000144. The van der Waals surface area contributed by atoms with Crippen LogP contribution in [0.15, 0.2) is 24.3 Å². The van der Waals surface area contributed by atoms with Crippen LogP contribution >= 0.6 is 0 Å². The summed E-state index contributed by atoms with van der Waals surface area (Å²) in [4.78, 5) is 20.9. The number of carboxylic acid groups (broad SMARTS) is 1. The minimum atomic E-state index is -1.52. The molecular formula is C8H5NaO4. The molecule has 0 amide bonds. The molecule has 0 spiro atoms. The van der Waals surface area contributed by atoms with Crippen molar-refractivity contribution in [3.05, 3.63) is 29.8 Å². The van der Waals surface area contributed by atoms with E-state index in [1.807, 2.05) is 0 Å². The Bertz CT molecular complexity index is 317. The molecule has 62 valence electrons. The van der Waals surface area contributed by atoms with Crippen LogP contribution < -0.4 is 34.7 Å². The van der Waals surface area contributed by atoms with Crippen LogP contribution in [0.5, 0.6) is 5.75 Å². The van der Waals surface area contributed by atoms with Gasteiger partial charge in [-0.3, -0.25) is 4.79 Å². The van der Waals surface area contributed by atoms with Crippen molar-refractivity contribution >= 4 is 11.8 Å². The van der Waals surface area contributed by atoms with Crippen LogP contribution in [0, 0.1) is 0 Å². The summed E-state index contributed by atoms with van der Waals surface area (Å²) in [5, 5.41) is 18.8. The van der Waals surface area contributed by atoms with Gasteiger partial charge in [-0.1, -0.05) is 24.3 Å². The Morgan fingerprint density at radius 1 is 1.15 bits per heavy atom. The molecule has 0 heterocycles. The number of ketones is 1. The first-order valence-electron chi connectivity index (χ1n) is 3.16. The average molecular weight is 188 g/mol. The van der Waals surface area contributed by atoms with Gasteiger partial charge in [-0.05, 0) is 0 Å². The van der Waals surface area contributed by atoms with Crippen LogP contribution in [0.25, 0.3) is 0 Å². The quantitative estimate of drug-likeness (QED) is 0.305. The third-order valence-corrected chi connectivity index (χ3v) is 1.31. The van der Waals surface area contributed by atoms with Gasteiger partial charge in [-0.25, -0.2) is 4.79 Å². The first kappa shape index (κ1) is 12.2. The maximum absolute atomic E-state index is 10.8. The fourth-order valence-electron chi connectivity index (χ4n) is 0.730. The summed E-state index contributed by atoms with van der Waals surface area (Å²) in [7, 11) is 0. The zero-order chi connectivity index (χ0) is 9.14. The van der Waals surface area contributed by atoms with Gasteiger partial charge in [-0.2, -0.15) is 0 Å². The van der Waals surface area contributed by atoms with Crippen molar-refractivity contribution in [1.29, 1.82) is 0 Å². The molecule has 0 fully saturated rings. The van der Waals surface area contributed by atoms with E-state index in [9.17, 15) is 14.7 Å². The van der Waals surface area contributed by atoms with Crippen molar-refractivity contribution in [3.8, 4) is 5.75 Å². The molecule has 0 saturated carbocycles. The summed E-state index contributed by atoms with van der Waals surface area (Å²) in [6.45, 7) is 0. The molecule has 0 aromatic heterocycles. The Labute approximate surface area is 96.5 Å². The van der Waals surface area contributed by atoms with E-state index < -0.39 is 11.8 Å². The number of carbonyl (C=O) groups excluding carboxylic acids is 1. The van der Waals surface area contributed by atoms with Gasteiger partial charge in [0.2, 0.25) is 0 Å². The molecule has 13 heavy (non-hydrogen) atoms. The smallest absolute Gasteiger partial charge is 0.872 e. The number of Topliss-reactive ketones (excluding diaryl/α,β-unsaturated/α-hetero) is 1. The minimum Gasteiger partial charge on any atom is -0.872 e. The second-order valence-electron chi connectivity index (χ2n) is 2.16. The SMILES string of the molecule is O=C(O)C(=O)c1ccc([O-])cc1.[Na+]. The van der Waals surface area contributed by atoms with Crippen LogP contribution in [-0.4, -0.2) is 16.9 Å². The third-order valence-electron chi connectivity index (χ3n) is 1.31. The van der Waals surface area contributed by atoms with Gasteiger partial charge in [0.05, 0.1) is 0 Å². The van der Waals surface area contributed by atoms with Crippen molar-refractivity contribution in [1.82, 2.24) is 0 Å². The van der Waals surface area contributed by atoms with Crippen LogP contribution in [0.1, 0.15) is 10.4 Å². The fraction of sp³-hybridized carbons (Fsp3) is 0. The Hall–Kier alpha value is -0.840. The standard InChI is InChI=1S/C8H6O4.Na/c9-6-3-1-5(2-4-6)7(10)8(11)12;/h1-4,9H,(H,11,12);/q;+1/p-1. The van der Waals surface area contributed by atoms with Crippen molar-refractivity contribution in [3.63, 3.8) is 0 Å². The summed E-state index contributed by atoms with van der Waals surface area (Å²) >= 11 is 0. The molecular weight excluding hydrogens is 183 g/mol. The first-order chi connectivity index (χ1) is 5.61. The average Bonchev–Trinajstić information content (AvgIpc) is 2.04. The van der Waals surface area contributed by atoms with E-state index in [2.05, 4.69) is 0 Å². The number of benzene rings is 1. The van der Waals surface area contributed by atoms with E-state index in [1.54, 1.807) is 0 Å². The molecule has 1 aromatic rings. The van der Waals surface area contributed by atoms with Crippen molar-refractivity contribution in [2.45, 2.75) is 0 Å². The monoisotopic (exact) mass is 188 g/mol. The summed E-state index contributed by atoms with van der Waals surface area (Å²) in [6, 6.07) is 4.68. The molecule has 0 unspecified atom stereocenters. The van der Waals surface area contributed by atoms with Gasteiger partial charge >= 0.3 is 35.5 Å². The summed E-state index contributed by atoms with van der Waals surface area (Å²) < 4.78 is 0. The summed E-state index contributed by atoms with van der Waals surface area (Å²) in [6.07, 6.45) is 0. The molecule has 0 aliphatic carbocycles. The van der Waals surface area contributed by atoms with Gasteiger partial charge < -0.3 is 10.2 Å². The normalized spacial score (nSPS) is 8.62. The molecule has 1 N–H and O–H groups in total. The molecule has 5 heteroatoms. The Morgan fingerprint density at radius 2 is 1.62 bits per heavy atom. The maximum Gasteiger partial charge on any atom is 1.00 e. The van der Waals surface area contributed by atoms with E-state index in [4.69, 9.17) is 5.11 Å². The number of hydrogen-bond acceptors (Lipinski definition) is 3. The first-order valence-corrected chi connectivity index (χ1v) is 3.16. The second kappa shape index (κ2) is 5.01. The zero-order valence-electron chi connectivity index (χ0n) is 6.98. The van der Waals surface area contributed by atoms with E-state index >= 15 is 0 Å². The number of rotatable bonds is 2. The van der Waals surface area contributed by atoms with Crippen LogP contribution in [0.3, 0.4) is 0 Å². The van der Waals surface area contributed by atoms with E-state index in [-0.39, 0.29) is 40.9 Å². The summed E-state index contributed by atoms with van der Waals surface area (Å²) in [5.41, 5.74) is 0.0158. The topological polar surface area (TPSA) is 77.4 Å². The molecule has 4 nitrogen and oxygen atoms in total. The Kier molecular flexibility index (Phi) is 4.69. The number of aliphatic carboxylic acids is 1. The van der Waals surface area contributed by atoms with Crippen LogP contribution in [0.2, 0.25) is 0 Å². The Morgan fingerprint density at radius 3 is 2.00 bits per heavy atom. The predicted octanol–water partition coefficient (Wildman–Crippen LogP) is -2.97. The molecule has 0 aliphatic rings. The third kappa shape index (κ3) is 3.18. The van der Waals surface area contributed by atoms with Gasteiger partial charge in [0, 0.05) is 5.56 Å². The molecule has 1 aromatic carbocycles. The van der Waals surface area contributed by atoms with Crippen molar-refractivity contribution in [2.24, 2.45) is 0 Å². The van der Waals surface area contributed by atoms with E-state index in [0.717, 1.165) is 12.1 Å². The van der Waals surface area contributed by atoms with Crippen molar-refractivity contribution in [2.75, 3.05) is 0 Å². The molecule has 0 radical (unpaired) electrons. The number of carbonyl (C=O) groups is 2. The molecule has 0 bridgehead atoms. The van der Waals surface area contributed by atoms with Crippen LogP contribution in [0.4, 0.5) is 0 Å². The fourth-order valence-corrected chi connectivity index (χ4v) is 0.730. The second-order valence-corrected chi connectivity index (χ2v) is 2.16. The van der Waals surface area contributed by atoms with Gasteiger partial charge in [-0.15, -0.1) is 5.75 Å². The predicted molar refractivity (Wildman–Crippen MR) is 37.9 cm³/mol. The van der Waals surface area contributed by atoms with Crippen LogP contribution in [-0.2, 0) is 4.79 Å². The largest absolute Gasteiger partial charge is 1.00 e.